The molecule has 2 rings (SSSR count). The fourth-order valence-electron chi connectivity index (χ4n) is 2.76. The predicted molar refractivity (Wildman–Crippen MR) is 73.7 cm³/mol. The molecule has 0 aromatic carbocycles. The van der Waals surface area contributed by atoms with E-state index in [4.69, 9.17) is 11.6 Å². The van der Waals surface area contributed by atoms with E-state index in [1.807, 2.05) is 12.1 Å². The maximum atomic E-state index is 5.94. The van der Waals surface area contributed by atoms with Gasteiger partial charge < -0.3 is 4.90 Å². The standard InChI is InChI=1S/C14H21ClN2/c1-3-11-4-6-12(7-5-11)17(2)13-8-9-16-14(15)10-13/h8-12H,3-7H2,1-2H3. The lowest BCUT2D eigenvalue weighted by atomic mass is 9.84. The summed E-state index contributed by atoms with van der Waals surface area (Å²) >= 11 is 5.94. The van der Waals surface area contributed by atoms with Crippen molar-refractivity contribution in [1.82, 2.24) is 4.98 Å². The van der Waals surface area contributed by atoms with Gasteiger partial charge in [-0.15, -0.1) is 0 Å². The van der Waals surface area contributed by atoms with Crippen LogP contribution in [0.5, 0.6) is 0 Å². The predicted octanol–water partition coefficient (Wildman–Crippen LogP) is 4.14. The summed E-state index contributed by atoms with van der Waals surface area (Å²) in [4.78, 5) is 6.39. The van der Waals surface area contributed by atoms with Crippen LogP contribution in [0.25, 0.3) is 0 Å². The molecule has 0 atom stereocenters. The first-order valence-corrected chi connectivity index (χ1v) is 6.93. The molecule has 0 radical (unpaired) electrons. The number of rotatable bonds is 3. The molecule has 1 saturated carbocycles. The third-order valence-corrected chi connectivity index (χ3v) is 4.27. The molecule has 17 heavy (non-hydrogen) atoms. The summed E-state index contributed by atoms with van der Waals surface area (Å²) in [5.74, 6) is 0.945. The molecule has 94 valence electrons. The largest absolute Gasteiger partial charge is 0.371 e. The van der Waals surface area contributed by atoms with E-state index in [0.717, 1.165) is 5.92 Å². The molecule has 0 unspecified atom stereocenters. The highest BCUT2D eigenvalue weighted by atomic mass is 35.5. The minimum absolute atomic E-state index is 0.580. The maximum Gasteiger partial charge on any atom is 0.131 e. The first-order valence-electron chi connectivity index (χ1n) is 6.55. The van der Waals surface area contributed by atoms with Crippen molar-refractivity contribution < 1.29 is 0 Å². The van der Waals surface area contributed by atoms with Crippen molar-refractivity contribution in [1.29, 1.82) is 0 Å². The second kappa shape index (κ2) is 5.72. The molecule has 1 aliphatic rings. The van der Waals surface area contributed by atoms with E-state index >= 15 is 0 Å². The second-order valence-corrected chi connectivity index (χ2v) is 5.42. The van der Waals surface area contributed by atoms with Gasteiger partial charge in [0.15, 0.2) is 0 Å². The van der Waals surface area contributed by atoms with Crippen LogP contribution in [0.4, 0.5) is 5.69 Å². The van der Waals surface area contributed by atoms with Gasteiger partial charge in [-0.2, -0.15) is 0 Å². The second-order valence-electron chi connectivity index (χ2n) is 5.03. The zero-order valence-corrected chi connectivity index (χ0v) is 11.5. The van der Waals surface area contributed by atoms with Crippen LogP contribution in [-0.4, -0.2) is 18.1 Å². The summed E-state index contributed by atoms with van der Waals surface area (Å²) in [5, 5.41) is 0.580. The lowest BCUT2D eigenvalue weighted by Crippen LogP contribution is -2.35. The Morgan fingerprint density at radius 3 is 2.65 bits per heavy atom. The highest BCUT2D eigenvalue weighted by Crippen LogP contribution is 2.31. The lowest BCUT2D eigenvalue weighted by Gasteiger charge is -2.35. The van der Waals surface area contributed by atoms with Crippen LogP contribution in [0.3, 0.4) is 0 Å². The Morgan fingerprint density at radius 2 is 2.06 bits per heavy atom. The normalized spacial score (nSPS) is 24.6. The molecule has 0 aliphatic heterocycles. The quantitative estimate of drug-likeness (QED) is 0.752. The number of hydrogen-bond acceptors (Lipinski definition) is 2. The molecule has 3 heteroatoms. The summed E-state index contributed by atoms with van der Waals surface area (Å²) < 4.78 is 0. The molecule has 0 amide bonds. The number of hydrogen-bond donors (Lipinski definition) is 0. The Hall–Kier alpha value is -0.760. The summed E-state index contributed by atoms with van der Waals surface area (Å²) in [7, 11) is 2.17. The monoisotopic (exact) mass is 252 g/mol. The molecule has 1 aromatic heterocycles. The summed E-state index contributed by atoms with van der Waals surface area (Å²) in [6, 6.07) is 4.65. The van der Waals surface area contributed by atoms with Crippen molar-refractivity contribution in [3.8, 4) is 0 Å². The minimum atomic E-state index is 0.580. The van der Waals surface area contributed by atoms with Crippen LogP contribution in [0, 0.1) is 5.92 Å². The Labute approximate surface area is 109 Å². The zero-order chi connectivity index (χ0) is 12.3. The van der Waals surface area contributed by atoms with Gasteiger partial charge in [0.05, 0.1) is 0 Å². The lowest BCUT2D eigenvalue weighted by molar-refractivity contribution is 0.313. The smallest absolute Gasteiger partial charge is 0.131 e. The van der Waals surface area contributed by atoms with Gasteiger partial charge in [0.25, 0.3) is 0 Å². The molecule has 0 saturated heterocycles. The number of aromatic nitrogens is 1. The zero-order valence-electron chi connectivity index (χ0n) is 10.7. The molecule has 1 heterocycles. The highest BCUT2D eigenvalue weighted by Gasteiger charge is 2.23. The van der Waals surface area contributed by atoms with Crippen LogP contribution < -0.4 is 4.90 Å². The molecule has 2 nitrogen and oxygen atoms in total. The van der Waals surface area contributed by atoms with Gasteiger partial charge in [-0.25, -0.2) is 4.98 Å². The van der Waals surface area contributed by atoms with Gasteiger partial charge >= 0.3 is 0 Å². The number of anilines is 1. The van der Waals surface area contributed by atoms with E-state index in [1.54, 1.807) is 6.20 Å². The van der Waals surface area contributed by atoms with Gasteiger partial charge in [0, 0.05) is 25.0 Å². The number of pyridine rings is 1. The molecule has 1 fully saturated rings. The Balaban J connectivity index is 1.99. The van der Waals surface area contributed by atoms with Gasteiger partial charge in [-0.3, -0.25) is 0 Å². The van der Waals surface area contributed by atoms with Gasteiger partial charge in [0.2, 0.25) is 0 Å². The number of nitrogens with zero attached hydrogens (tertiary/aromatic N) is 2. The number of halogens is 1. The molecule has 0 bridgehead atoms. The average molecular weight is 253 g/mol. The van der Waals surface area contributed by atoms with Gasteiger partial charge in [0.1, 0.15) is 5.15 Å². The van der Waals surface area contributed by atoms with Crippen molar-refractivity contribution in [3.63, 3.8) is 0 Å². The van der Waals surface area contributed by atoms with Gasteiger partial charge in [-0.1, -0.05) is 24.9 Å². The van der Waals surface area contributed by atoms with Crippen LogP contribution >= 0.6 is 11.6 Å². The van der Waals surface area contributed by atoms with Crippen molar-refractivity contribution in [2.45, 2.75) is 45.1 Å². The third kappa shape index (κ3) is 3.12. The van der Waals surface area contributed by atoms with E-state index in [2.05, 4.69) is 23.9 Å². The molecule has 1 aromatic rings. The van der Waals surface area contributed by atoms with E-state index < -0.39 is 0 Å². The van der Waals surface area contributed by atoms with Crippen molar-refractivity contribution in [3.05, 3.63) is 23.5 Å². The molecular weight excluding hydrogens is 232 g/mol. The van der Waals surface area contributed by atoms with E-state index in [1.165, 1.54) is 37.8 Å². The SMILES string of the molecule is CCC1CCC(N(C)c2ccnc(Cl)c2)CC1. The van der Waals surface area contributed by atoms with E-state index in [-0.39, 0.29) is 0 Å². The Morgan fingerprint density at radius 1 is 1.35 bits per heavy atom. The molecule has 0 N–H and O–H groups in total. The van der Waals surface area contributed by atoms with Crippen LogP contribution in [0.2, 0.25) is 5.15 Å². The van der Waals surface area contributed by atoms with Crippen LogP contribution in [-0.2, 0) is 0 Å². The Bertz CT molecular complexity index is 359. The molecule has 1 aliphatic carbocycles. The minimum Gasteiger partial charge on any atom is -0.371 e. The van der Waals surface area contributed by atoms with Crippen molar-refractivity contribution in [2.24, 2.45) is 5.92 Å². The average Bonchev–Trinajstić information content (AvgIpc) is 2.38. The van der Waals surface area contributed by atoms with Gasteiger partial charge in [-0.05, 0) is 43.7 Å². The van der Waals surface area contributed by atoms with E-state index in [9.17, 15) is 0 Å². The molecular formula is C14H21ClN2. The first-order chi connectivity index (χ1) is 8.20. The van der Waals surface area contributed by atoms with Crippen molar-refractivity contribution >= 4 is 17.3 Å². The fourth-order valence-corrected chi connectivity index (χ4v) is 2.93. The summed E-state index contributed by atoms with van der Waals surface area (Å²) in [5.41, 5.74) is 1.19. The van der Waals surface area contributed by atoms with Crippen LogP contribution in [0.1, 0.15) is 39.0 Å². The third-order valence-electron chi connectivity index (χ3n) is 4.06. The topological polar surface area (TPSA) is 16.1 Å². The Kier molecular flexibility index (Phi) is 4.27. The fraction of sp³-hybridized carbons (Fsp3) is 0.643. The highest BCUT2D eigenvalue weighted by molar-refractivity contribution is 6.29. The van der Waals surface area contributed by atoms with Crippen LogP contribution in [0.15, 0.2) is 18.3 Å². The summed E-state index contributed by atoms with van der Waals surface area (Å²) in [6.45, 7) is 2.30. The maximum absolute atomic E-state index is 5.94. The van der Waals surface area contributed by atoms with Crippen molar-refractivity contribution in [2.75, 3.05) is 11.9 Å². The summed E-state index contributed by atoms with van der Waals surface area (Å²) in [6.07, 6.45) is 8.45. The first kappa shape index (κ1) is 12.7. The molecule has 0 spiro atoms. The van der Waals surface area contributed by atoms with E-state index in [0.29, 0.717) is 11.2 Å².